The molecular formula is C17H19Cl2N3O. The van der Waals surface area contributed by atoms with Gasteiger partial charge in [0.1, 0.15) is 5.69 Å². The van der Waals surface area contributed by atoms with Gasteiger partial charge < -0.3 is 10.6 Å². The number of pyridine rings is 1. The predicted octanol–water partition coefficient (Wildman–Crippen LogP) is 5.24. The van der Waals surface area contributed by atoms with E-state index in [2.05, 4.69) is 22.5 Å². The van der Waals surface area contributed by atoms with E-state index in [-0.39, 0.29) is 5.91 Å². The standard InChI is InChI=1S/C17H19Cl2N3O/c1-2-3-4-8-20-12-7-9-21-16(11-12)17(23)22-13-5-6-14(18)15(19)10-13/h5-7,9-11H,2-4,8H2,1H3,(H,20,21)(H,22,23). The fourth-order valence-electron chi connectivity index (χ4n) is 2.04. The Balaban J connectivity index is 2.00. The van der Waals surface area contributed by atoms with Crippen LogP contribution < -0.4 is 10.6 Å². The van der Waals surface area contributed by atoms with Crippen molar-refractivity contribution in [2.45, 2.75) is 26.2 Å². The van der Waals surface area contributed by atoms with Crippen molar-refractivity contribution in [1.82, 2.24) is 4.98 Å². The highest BCUT2D eigenvalue weighted by Crippen LogP contribution is 2.25. The van der Waals surface area contributed by atoms with Crippen LogP contribution in [-0.4, -0.2) is 17.4 Å². The maximum atomic E-state index is 12.3. The van der Waals surface area contributed by atoms with E-state index in [0.717, 1.165) is 18.7 Å². The summed E-state index contributed by atoms with van der Waals surface area (Å²) in [4.78, 5) is 16.4. The van der Waals surface area contributed by atoms with E-state index >= 15 is 0 Å². The number of hydrogen-bond acceptors (Lipinski definition) is 3. The highest BCUT2D eigenvalue weighted by molar-refractivity contribution is 6.42. The van der Waals surface area contributed by atoms with Gasteiger partial charge in [0, 0.05) is 24.1 Å². The minimum atomic E-state index is -0.291. The smallest absolute Gasteiger partial charge is 0.274 e. The van der Waals surface area contributed by atoms with Gasteiger partial charge in [0.2, 0.25) is 0 Å². The van der Waals surface area contributed by atoms with Crippen LogP contribution in [-0.2, 0) is 0 Å². The molecule has 0 spiro atoms. The third kappa shape index (κ3) is 5.41. The third-order valence-electron chi connectivity index (χ3n) is 3.28. The molecule has 0 atom stereocenters. The Kier molecular flexibility index (Phi) is 6.68. The molecule has 2 N–H and O–H groups in total. The summed E-state index contributed by atoms with van der Waals surface area (Å²) in [5, 5.41) is 6.89. The molecule has 122 valence electrons. The molecule has 0 radical (unpaired) electrons. The third-order valence-corrected chi connectivity index (χ3v) is 4.02. The number of carbonyl (C=O) groups excluding carboxylic acids is 1. The Morgan fingerprint density at radius 1 is 1.09 bits per heavy atom. The fourth-order valence-corrected chi connectivity index (χ4v) is 2.34. The molecule has 0 aliphatic heterocycles. The van der Waals surface area contributed by atoms with Crippen molar-refractivity contribution in [3.05, 3.63) is 52.3 Å². The molecule has 1 amide bonds. The molecule has 0 unspecified atom stereocenters. The van der Waals surface area contributed by atoms with E-state index in [1.165, 1.54) is 12.8 Å². The lowest BCUT2D eigenvalue weighted by Crippen LogP contribution is -2.14. The van der Waals surface area contributed by atoms with E-state index in [1.54, 1.807) is 30.5 Å². The summed E-state index contributed by atoms with van der Waals surface area (Å²) in [7, 11) is 0. The number of halogens is 2. The number of aromatic nitrogens is 1. The maximum Gasteiger partial charge on any atom is 0.274 e. The number of amides is 1. The van der Waals surface area contributed by atoms with Gasteiger partial charge in [0.05, 0.1) is 10.0 Å². The van der Waals surface area contributed by atoms with Crippen LogP contribution in [0.4, 0.5) is 11.4 Å². The number of anilines is 2. The number of benzene rings is 1. The fraction of sp³-hybridized carbons (Fsp3) is 0.294. The van der Waals surface area contributed by atoms with Crippen molar-refractivity contribution >= 4 is 40.5 Å². The first-order valence-corrected chi connectivity index (χ1v) is 8.32. The van der Waals surface area contributed by atoms with E-state index in [1.807, 2.05) is 6.07 Å². The van der Waals surface area contributed by atoms with Gasteiger partial charge in [0.25, 0.3) is 5.91 Å². The van der Waals surface area contributed by atoms with Crippen LogP contribution >= 0.6 is 23.2 Å². The van der Waals surface area contributed by atoms with Gasteiger partial charge in [0.15, 0.2) is 0 Å². The van der Waals surface area contributed by atoms with E-state index in [0.29, 0.717) is 21.4 Å². The van der Waals surface area contributed by atoms with Gasteiger partial charge >= 0.3 is 0 Å². The molecule has 0 bridgehead atoms. The molecule has 4 nitrogen and oxygen atoms in total. The zero-order valence-corrected chi connectivity index (χ0v) is 14.4. The molecule has 0 aliphatic carbocycles. The number of carbonyl (C=O) groups is 1. The molecule has 23 heavy (non-hydrogen) atoms. The Hall–Kier alpha value is -1.78. The van der Waals surface area contributed by atoms with Gasteiger partial charge in [-0.2, -0.15) is 0 Å². The monoisotopic (exact) mass is 351 g/mol. The molecule has 0 aliphatic rings. The van der Waals surface area contributed by atoms with Gasteiger partial charge in [-0.05, 0) is 36.8 Å². The summed E-state index contributed by atoms with van der Waals surface area (Å²) in [6.07, 6.45) is 5.08. The second-order valence-corrected chi connectivity index (χ2v) is 5.96. The number of rotatable bonds is 7. The van der Waals surface area contributed by atoms with Crippen molar-refractivity contribution in [3.63, 3.8) is 0 Å². The topological polar surface area (TPSA) is 54.0 Å². The lowest BCUT2D eigenvalue weighted by Gasteiger charge is -2.09. The number of nitrogens with zero attached hydrogens (tertiary/aromatic N) is 1. The first kappa shape index (κ1) is 17.6. The molecule has 2 rings (SSSR count). The van der Waals surface area contributed by atoms with Gasteiger partial charge in [-0.25, -0.2) is 0 Å². The zero-order chi connectivity index (χ0) is 16.7. The first-order valence-electron chi connectivity index (χ1n) is 7.56. The molecule has 2 aromatic rings. The normalized spacial score (nSPS) is 10.4. The average molecular weight is 352 g/mol. The Bertz CT molecular complexity index is 677. The summed E-state index contributed by atoms with van der Waals surface area (Å²) in [5.41, 5.74) is 1.81. The van der Waals surface area contributed by atoms with Gasteiger partial charge in [-0.3, -0.25) is 9.78 Å². The van der Waals surface area contributed by atoms with E-state index < -0.39 is 0 Å². The van der Waals surface area contributed by atoms with Crippen molar-refractivity contribution < 1.29 is 4.79 Å². The second-order valence-electron chi connectivity index (χ2n) is 5.15. The van der Waals surface area contributed by atoms with Crippen LogP contribution in [0.3, 0.4) is 0 Å². The Morgan fingerprint density at radius 2 is 1.91 bits per heavy atom. The number of nitrogens with one attached hydrogen (secondary N) is 2. The molecular weight excluding hydrogens is 333 g/mol. The average Bonchev–Trinajstić information content (AvgIpc) is 2.55. The van der Waals surface area contributed by atoms with E-state index in [4.69, 9.17) is 23.2 Å². The largest absolute Gasteiger partial charge is 0.385 e. The second kappa shape index (κ2) is 8.75. The van der Waals surface area contributed by atoms with Crippen molar-refractivity contribution in [3.8, 4) is 0 Å². The minimum Gasteiger partial charge on any atom is -0.385 e. The molecule has 6 heteroatoms. The maximum absolute atomic E-state index is 12.3. The summed E-state index contributed by atoms with van der Waals surface area (Å²) in [6, 6.07) is 8.52. The highest BCUT2D eigenvalue weighted by Gasteiger charge is 2.09. The summed E-state index contributed by atoms with van der Waals surface area (Å²) in [5.74, 6) is -0.291. The van der Waals surface area contributed by atoms with Crippen LogP contribution in [0.25, 0.3) is 0 Å². The van der Waals surface area contributed by atoms with Crippen LogP contribution in [0.5, 0.6) is 0 Å². The number of unbranched alkanes of at least 4 members (excludes halogenated alkanes) is 2. The zero-order valence-electron chi connectivity index (χ0n) is 12.9. The predicted molar refractivity (Wildman–Crippen MR) is 96.7 cm³/mol. The molecule has 0 saturated heterocycles. The summed E-state index contributed by atoms with van der Waals surface area (Å²) < 4.78 is 0. The van der Waals surface area contributed by atoms with Gasteiger partial charge in [-0.1, -0.05) is 43.0 Å². The minimum absolute atomic E-state index is 0.291. The summed E-state index contributed by atoms with van der Waals surface area (Å²) in [6.45, 7) is 3.05. The molecule has 1 aromatic carbocycles. The van der Waals surface area contributed by atoms with Crippen molar-refractivity contribution in [1.29, 1.82) is 0 Å². The highest BCUT2D eigenvalue weighted by atomic mass is 35.5. The molecule has 1 heterocycles. The lowest BCUT2D eigenvalue weighted by atomic mass is 10.2. The van der Waals surface area contributed by atoms with Crippen LogP contribution in [0.2, 0.25) is 10.0 Å². The lowest BCUT2D eigenvalue weighted by molar-refractivity contribution is 0.102. The van der Waals surface area contributed by atoms with Crippen LogP contribution in [0.1, 0.15) is 36.7 Å². The van der Waals surface area contributed by atoms with Crippen molar-refractivity contribution in [2.24, 2.45) is 0 Å². The first-order chi connectivity index (χ1) is 11.1. The molecule has 0 fully saturated rings. The molecule has 1 aromatic heterocycles. The number of hydrogen-bond donors (Lipinski definition) is 2. The quantitative estimate of drug-likeness (QED) is 0.670. The van der Waals surface area contributed by atoms with Crippen molar-refractivity contribution in [2.75, 3.05) is 17.2 Å². The van der Waals surface area contributed by atoms with Crippen LogP contribution in [0.15, 0.2) is 36.5 Å². The molecule has 0 saturated carbocycles. The van der Waals surface area contributed by atoms with Crippen LogP contribution in [0, 0.1) is 0 Å². The van der Waals surface area contributed by atoms with E-state index in [9.17, 15) is 4.79 Å². The Labute approximate surface area is 146 Å². The summed E-state index contributed by atoms with van der Waals surface area (Å²) >= 11 is 11.8. The Morgan fingerprint density at radius 3 is 2.65 bits per heavy atom. The van der Waals surface area contributed by atoms with Gasteiger partial charge in [-0.15, -0.1) is 0 Å². The SMILES string of the molecule is CCCCCNc1ccnc(C(=O)Nc2ccc(Cl)c(Cl)c2)c1.